The van der Waals surface area contributed by atoms with Crippen LogP contribution in [-0.4, -0.2) is 47.3 Å². The van der Waals surface area contributed by atoms with Gasteiger partial charge in [-0.3, -0.25) is 4.90 Å². The van der Waals surface area contributed by atoms with E-state index in [0.29, 0.717) is 0 Å². The zero-order valence-corrected chi connectivity index (χ0v) is 14.2. The first-order valence-electron chi connectivity index (χ1n) is 9.30. The van der Waals surface area contributed by atoms with E-state index in [0.717, 1.165) is 25.2 Å². The van der Waals surface area contributed by atoms with Crippen LogP contribution in [0.15, 0.2) is 0 Å². The van der Waals surface area contributed by atoms with E-state index in [-0.39, 0.29) is 12.1 Å². The highest BCUT2D eigenvalue weighted by atomic mass is 16.3. The lowest BCUT2D eigenvalue weighted by Gasteiger charge is -2.46. The lowest BCUT2D eigenvalue weighted by molar-refractivity contribution is 0.0349. The summed E-state index contributed by atoms with van der Waals surface area (Å²) < 4.78 is 0. The molecular weight excluding hydrogens is 260 g/mol. The van der Waals surface area contributed by atoms with E-state index in [1.807, 2.05) is 0 Å². The molecule has 0 spiro atoms. The van der Waals surface area contributed by atoms with Crippen LogP contribution in [0.1, 0.15) is 78.1 Å². The first-order valence-corrected chi connectivity index (χ1v) is 9.30. The summed E-state index contributed by atoms with van der Waals surface area (Å²) >= 11 is 0. The molecule has 0 aromatic rings. The second-order valence-electron chi connectivity index (χ2n) is 7.51. The second kappa shape index (κ2) is 8.50. The lowest BCUT2D eigenvalue weighted by atomic mass is 9.87. The van der Waals surface area contributed by atoms with Gasteiger partial charge < -0.3 is 10.4 Å². The summed E-state index contributed by atoms with van der Waals surface area (Å²) in [7, 11) is 0. The van der Waals surface area contributed by atoms with Crippen LogP contribution in [0, 0.1) is 0 Å². The average Bonchev–Trinajstić information content (AvgIpc) is 2.55. The summed E-state index contributed by atoms with van der Waals surface area (Å²) in [5.41, 5.74) is -0.149. The maximum Gasteiger partial charge on any atom is 0.0623 e. The van der Waals surface area contributed by atoms with Crippen LogP contribution in [0.25, 0.3) is 0 Å². The number of nitrogens with zero attached hydrogens (tertiary/aromatic N) is 1. The van der Waals surface area contributed by atoms with Gasteiger partial charge in [0, 0.05) is 18.6 Å². The number of likely N-dealkylation sites (N-methyl/N-ethyl adjacent to an activating group) is 1. The summed E-state index contributed by atoms with van der Waals surface area (Å²) in [6.45, 7) is 6.50. The molecule has 2 rings (SSSR count). The van der Waals surface area contributed by atoms with Gasteiger partial charge in [0.15, 0.2) is 0 Å². The van der Waals surface area contributed by atoms with Crippen LogP contribution in [0.2, 0.25) is 0 Å². The molecule has 1 unspecified atom stereocenters. The van der Waals surface area contributed by atoms with Gasteiger partial charge in [-0.05, 0) is 39.2 Å². The number of nitrogens with one attached hydrogen (secondary N) is 1. The Morgan fingerprint density at radius 1 is 0.952 bits per heavy atom. The van der Waals surface area contributed by atoms with Crippen LogP contribution < -0.4 is 5.32 Å². The fourth-order valence-electron chi connectivity index (χ4n) is 4.37. The molecule has 2 aliphatic carbocycles. The predicted octanol–water partition coefficient (Wildman–Crippen LogP) is 3.31. The minimum Gasteiger partial charge on any atom is -0.394 e. The van der Waals surface area contributed by atoms with Crippen LogP contribution in [0.5, 0.6) is 0 Å². The maximum atomic E-state index is 9.87. The van der Waals surface area contributed by atoms with Gasteiger partial charge in [-0.2, -0.15) is 0 Å². The summed E-state index contributed by atoms with van der Waals surface area (Å²) in [5, 5.41) is 13.4. The number of hydrogen-bond acceptors (Lipinski definition) is 3. The minimum atomic E-state index is -0.149. The molecule has 2 aliphatic rings. The number of aliphatic hydroxyl groups excluding tert-OH is 1. The van der Waals surface area contributed by atoms with Gasteiger partial charge in [0.25, 0.3) is 0 Å². The van der Waals surface area contributed by atoms with Crippen molar-refractivity contribution in [3.8, 4) is 0 Å². The predicted molar refractivity (Wildman–Crippen MR) is 89.6 cm³/mol. The van der Waals surface area contributed by atoms with Crippen molar-refractivity contribution >= 4 is 0 Å². The zero-order chi connectivity index (χ0) is 15.1. The Morgan fingerprint density at radius 3 is 1.81 bits per heavy atom. The van der Waals surface area contributed by atoms with Crippen LogP contribution in [0.3, 0.4) is 0 Å². The molecule has 0 aromatic carbocycles. The third kappa shape index (κ3) is 4.94. The van der Waals surface area contributed by atoms with E-state index in [1.54, 1.807) is 0 Å². The van der Waals surface area contributed by atoms with Crippen molar-refractivity contribution in [1.82, 2.24) is 10.2 Å². The van der Waals surface area contributed by atoms with Crippen molar-refractivity contribution in [3.05, 3.63) is 0 Å². The zero-order valence-electron chi connectivity index (χ0n) is 14.2. The van der Waals surface area contributed by atoms with Gasteiger partial charge >= 0.3 is 0 Å². The standard InChI is InChI=1S/C18H36N2O/c1-3-19-18(2,15-21)14-20(16-10-6-4-7-11-16)17-12-8-5-9-13-17/h16-17,19,21H,3-15H2,1-2H3. The molecule has 1 atom stereocenters. The first kappa shape index (κ1) is 17.2. The SMILES string of the molecule is CCNC(C)(CO)CN(C1CCCCC1)C1CCCCC1. The Balaban J connectivity index is 2.05. The smallest absolute Gasteiger partial charge is 0.0623 e. The largest absolute Gasteiger partial charge is 0.394 e. The Morgan fingerprint density at radius 2 is 1.43 bits per heavy atom. The Bertz CT molecular complexity index is 267. The molecule has 0 amide bonds. The molecule has 3 nitrogen and oxygen atoms in total. The van der Waals surface area contributed by atoms with Gasteiger partial charge in [0.1, 0.15) is 0 Å². The van der Waals surface area contributed by atoms with Crippen molar-refractivity contribution < 1.29 is 5.11 Å². The molecule has 0 bridgehead atoms. The topological polar surface area (TPSA) is 35.5 Å². The third-order valence-corrected chi connectivity index (χ3v) is 5.57. The molecule has 2 N–H and O–H groups in total. The normalized spacial score (nSPS) is 25.1. The fourth-order valence-corrected chi connectivity index (χ4v) is 4.37. The Hall–Kier alpha value is -0.120. The second-order valence-corrected chi connectivity index (χ2v) is 7.51. The van der Waals surface area contributed by atoms with E-state index in [9.17, 15) is 5.11 Å². The number of rotatable bonds is 7. The molecule has 2 fully saturated rings. The van der Waals surface area contributed by atoms with Gasteiger partial charge in [-0.15, -0.1) is 0 Å². The molecule has 2 saturated carbocycles. The minimum absolute atomic E-state index is 0.149. The quantitative estimate of drug-likeness (QED) is 0.756. The van der Waals surface area contributed by atoms with Gasteiger partial charge in [0.05, 0.1) is 12.1 Å². The summed E-state index contributed by atoms with van der Waals surface area (Å²) in [6.07, 6.45) is 13.9. The maximum absolute atomic E-state index is 9.87. The molecule has 3 heteroatoms. The third-order valence-electron chi connectivity index (χ3n) is 5.57. The van der Waals surface area contributed by atoms with E-state index >= 15 is 0 Å². The highest BCUT2D eigenvalue weighted by molar-refractivity contribution is 4.92. The summed E-state index contributed by atoms with van der Waals surface area (Å²) in [5.74, 6) is 0. The molecular formula is C18H36N2O. The van der Waals surface area contributed by atoms with Crippen molar-refractivity contribution in [3.63, 3.8) is 0 Å². The van der Waals surface area contributed by atoms with Gasteiger partial charge in [0.2, 0.25) is 0 Å². The Kier molecular flexibility index (Phi) is 6.97. The van der Waals surface area contributed by atoms with Crippen molar-refractivity contribution in [2.45, 2.75) is 95.7 Å². The number of hydrogen-bond donors (Lipinski definition) is 2. The van der Waals surface area contributed by atoms with E-state index < -0.39 is 0 Å². The van der Waals surface area contributed by atoms with Gasteiger partial charge in [-0.25, -0.2) is 0 Å². The van der Waals surface area contributed by atoms with E-state index in [2.05, 4.69) is 24.1 Å². The molecule has 21 heavy (non-hydrogen) atoms. The molecule has 0 aromatic heterocycles. The van der Waals surface area contributed by atoms with Crippen LogP contribution >= 0.6 is 0 Å². The molecule has 0 saturated heterocycles. The van der Waals surface area contributed by atoms with E-state index in [1.165, 1.54) is 64.2 Å². The average molecular weight is 296 g/mol. The van der Waals surface area contributed by atoms with Crippen molar-refractivity contribution in [1.29, 1.82) is 0 Å². The van der Waals surface area contributed by atoms with Crippen molar-refractivity contribution in [2.75, 3.05) is 19.7 Å². The Labute approximate surface area is 131 Å². The monoisotopic (exact) mass is 296 g/mol. The number of aliphatic hydroxyl groups is 1. The van der Waals surface area contributed by atoms with E-state index in [4.69, 9.17) is 0 Å². The van der Waals surface area contributed by atoms with Gasteiger partial charge in [-0.1, -0.05) is 45.4 Å². The fraction of sp³-hybridized carbons (Fsp3) is 1.00. The van der Waals surface area contributed by atoms with Crippen LogP contribution in [0.4, 0.5) is 0 Å². The molecule has 0 radical (unpaired) electrons. The first-order chi connectivity index (χ1) is 10.2. The highest BCUT2D eigenvalue weighted by Crippen LogP contribution is 2.31. The molecule has 0 aliphatic heterocycles. The molecule has 0 heterocycles. The van der Waals surface area contributed by atoms with Crippen LogP contribution in [-0.2, 0) is 0 Å². The molecule has 124 valence electrons. The lowest BCUT2D eigenvalue weighted by Crippen LogP contribution is -2.58. The van der Waals surface area contributed by atoms with Crippen molar-refractivity contribution in [2.24, 2.45) is 0 Å². The summed E-state index contributed by atoms with van der Waals surface area (Å²) in [6, 6.07) is 1.51. The summed E-state index contributed by atoms with van der Waals surface area (Å²) in [4.78, 5) is 2.79. The highest BCUT2D eigenvalue weighted by Gasteiger charge is 2.34.